The maximum atomic E-state index is 11.3. The monoisotopic (exact) mass is 433 g/mol. The lowest BCUT2D eigenvalue weighted by molar-refractivity contribution is -0.385. The van der Waals surface area contributed by atoms with E-state index in [1.165, 1.54) is 95.3 Å². The molecule has 0 heterocycles. The van der Waals surface area contributed by atoms with Crippen molar-refractivity contribution in [1.82, 2.24) is 0 Å². The first-order chi connectivity index (χ1) is 15.0. The summed E-state index contributed by atoms with van der Waals surface area (Å²) in [5.74, 6) is -0.868. The van der Waals surface area contributed by atoms with Gasteiger partial charge in [0.2, 0.25) is 0 Å². The van der Waals surface area contributed by atoms with Crippen LogP contribution in [0.3, 0.4) is 0 Å². The van der Waals surface area contributed by atoms with Gasteiger partial charge in [0, 0.05) is 12.1 Å². The predicted octanol–water partition coefficient (Wildman–Crippen LogP) is 7.55. The number of ether oxygens (including phenoxy) is 1. The van der Waals surface area contributed by atoms with Crippen LogP contribution in [0.15, 0.2) is 24.3 Å². The van der Waals surface area contributed by atoms with Crippen molar-refractivity contribution in [2.45, 2.75) is 96.8 Å². The highest BCUT2D eigenvalue weighted by Crippen LogP contribution is 2.28. The van der Waals surface area contributed by atoms with Gasteiger partial charge in [0.05, 0.1) is 11.5 Å². The van der Waals surface area contributed by atoms with Crippen LogP contribution in [0.1, 0.15) is 102 Å². The zero-order chi connectivity index (χ0) is 22.7. The maximum Gasteiger partial charge on any atom is 0.328 e. The van der Waals surface area contributed by atoms with E-state index >= 15 is 0 Å². The fraction of sp³-hybridized carbons (Fsp3) is 0.640. The van der Waals surface area contributed by atoms with E-state index < -0.39 is 10.9 Å². The van der Waals surface area contributed by atoms with Crippen LogP contribution >= 0.6 is 0 Å². The van der Waals surface area contributed by atoms with Crippen LogP contribution < -0.4 is 4.74 Å². The third kappa shape index (κ3) is 13.5. The highest BCUT2D eigenvalue weighted by atomic mass is 16.6. The molecule has 0 saturated heterocycles. The lowest BCUT2D eigenvalue weighted by Gasteiger charge is -2.07. The first-order valence-electron chi connectivity index (χ1n) is 11.9. The molecule has 0 aliphatic carbocycles. The summed E-state index contributed by atoms with van der Waals surface area (Å²) < 4.78 is 5.60. The number of nitro benzene ring substituents is 1. The summed E-state index contributed by atoms with van der Waals surface area (Å²) in [7, 11) is 0. The minimum atomic E-state index is -1.10. The Morgan fingerprint density at radius 1 is 0.935 bits per heavy atom. The number of carbonyl (C=O) groups is 1. The third-order valence-corrected chi connectivity index (χ3v) is 5.35. The summed E-state index contributed by atoms with van der Waals surface area (Å²) >= 11 is 0. The van der Waals surface area contributed by atoms with E-state index in [1.54, 1.807) is 6.07 Å². The second kappa shape index (κ2) is 17.3. The Bertz CT molecular complexity index is 672. The molecule has 0 spiro atoms. The zero-order valence-electron chi connectivity index (χ0n) is 19.0. The highest BCUT2D eigenvalue weighted by molar-refractivity contribution is 5.85. The number of carboxylic acid groups (broad SMARTS) is 1. The van der Waals surface area contributed by atoms with Crippen LogP contribution in [-0.2, 0) is 4.79 Å². The molecule has 0 fully saturated rings. The smallest absolute Gasteiger partial charge is 0.328 e. The lowest BCUT2D eigenvalue weighted by Crippen LogP contribution is -2.01. The molecule has 0 aliphatic heterocycles. The van der Waals surface area contributed by atoms with E-state index in [1.807, 2.05) is 0 Å². The molecule has 0 aromatic heterocycles. The minimum absolute atomic E-state index is 0.141. The van der Waals surface area contributed by atoms with Gasteiger partial charge in [-0.25, -0.2) is 4.79 Å². The molecule has 1 rings (SSSR count). The Kier molecular flexibility index (Phi) is 14.9. The molecule has 1 aromatic carbocycles. The van der Waals surface area contributed by atoms with Gasteiger partial charge >= 0.3 is 11.7 Å². The molecule has 0 aliphatic rings. The van der Waals surface area contributed by atoms with E-state index in [0.29, 0.717) is 12.2 Å². The van der Waals surface area contributed by atoms with Crippen LogP contribution in [-0.4, -0.2) is 22.6 Å². The fourth-order valence-corrected chi connectivity index (χ4v) is 3.55. The number of hydrogen-bond acceptors (Lipinski definition) is 4. The SMILES string of the molecule is CCCCCCCCCCCCCCCCOc1ccc(/C=C/C(=O)O)cc1[N+](=O)[O-]. The van der Waals surface area contributed by atoms with Gasteiger partial charge in [0.15, 0.2) is 5.75 Å². The van der Waals surface area contributed by atoms with Crippen molar-refractivity contribution < 1.29 is 19.6 Å². The van der Waals surface area contributed by atoms with E-state index in [2.05, 4.69) is 6.92 Å². The van der Waals surface area contributed by atoms with Crippen molar-refractivity contribution in [1.29, 1.82) is 0 Å². The standard InChI is InChI=1S/C25H39NO5/c1-2-3-4-5-6-7-8-9-10-11-12-13-14-15-20-31-24-18-16-22(17-19-25(27)28)21-23(24)26(29)30/h16-19,21H,2-15,20H2,1H3,(H,27,28)/b19-17+. The summed E-state index contributed by atoms with van der Waals surface area (Å²) in [5, 5.41) is 19.9. The molecule has 0 saturated carbocycles. The molecule has 0 bridgehead atoms. The van der Waals surface area contributed by atoms with Crippen molar-refractivity contribution in [2.24, 2.45) is 0 Å². The second-order valence-corrected chi connectivity index (χ2v) is 8.10. The molecule has 1 aromatic rings. The highest BCUT2D eigenvalue weighted by Gasteiger charge is 2.15. The molecule has 0 radical (unpaired) electrons. The predicted molar refractivity (Wildman–Crippen MR) is 126 cm³/mol. The van der Waals surface area contributed by atoms with E-state index in [0.717, 1.165) is 18.9 Å². The topological polar surface area (TPSA) is 89.7 Å². The fourth-order valence-electron chi connectivity index (χ4n) is 3.55. The molecule has 0 atom stereocenters. The maximum absolute atomic E-state index is 11.3. The number of nitro groups is 1. The Hall–Kier alpha value is -2.37. The van der Waals surface area contributed by atoms with Crippen molar-refractivity contribution >= 4 is 17.7 Å². The molecule has 0 amide bonds. The average Bonchev–Trinajstić information content (AvgIpc) is 2.75. The summed E-state index contributed by atoms with van der Waals surface area (Å²) in [6, 6.07) is 4.48. The number of benzene rings is 1. The molecule has 174 valence electrons. The first kappa shape index (κ1) is 26.7. The molecule has 0 unspecified atom stereocenters. The van der Waals surface area contributed by atoms with E-state index in [4.69, 9.17) is 9.84 Å². The second-order valence-electron chi connectivity index (χ2n) is 8.10. The number of carboxylic acids is 1. The third-order valence-electron chi connectivity index (χ3n) is 5.35. The largest absolute Gasteiger partial charge is 0.487 e. The molecule has 6 nitrogen and oxygen atoms in total. The number of nitrogens with zero attached hydrogens (tertiary/aromatic N) is 1. The molecular formula is C25H39NO5. The first-order valence-corrected chi connectivity index (χ1v) is 11.9. The van der Waals surface area contributed by atoms with Crippen LogP contribution in [0.4, 0.5) is 5.69 Å². The Morgan fingerprint density at radius 2 is 1.45 bits per heavy atom. The minimum Gasteiger partial charge on any atom is -0.487 e. The van der Waals surface area contributed by atoms with Gasteiger partial charge in [-0.05, 0) is 24.1 Å². The van der Waals surface area contributed by atoms with Crippen LogP contribution in [0.2, 0.25) is 0 Å². The Labute approximate surface area is 186 Å². The van der Waals surface area contributed by atoms with Crippen molar-refractivity contribution in [3.8, 4) is 5.75 Å². The van der Waals surface area contributed by atoms with Crippen LogP contribution in [0, 0.1) is 10.1 Å². The Balaban J connectivity index is 2.11. The van der Waals surface area contributed by atoms with Gasteiger partial charge in [0.25, 0.3) is 0 Å². The van der Waals surface area contributed by atoms with Crippen LogP contribution in [0.5, 0.6) is 5.75 Å². The summed E-state index contributed by atoms with van der Waals surface area (Å²) in [5.41, 5.74) is 0.316. The van der Waals surface area contributed by atoms with Gasteiger partial charge in [-0.3, -0.25) is 10.1 Å². The van der Waals surface area contributed by atoms with Gasteiger partial charge < -0.3 is 9.84 Å². The number of hydrogen-bond donors (Lipinski definition) is 1. The number of unbranched alkanes of at least 4 members (excludes halogenated alkanes) is 13. The molecule has 31 heavy (non-hydrogen) atoms. The molecule has 6 heteroatoms. The van der Waals surface area contributed by atoms with Crippen molar-refractivity contribution in [3.05, 3.63) is 40.0 Å². The van der Waals surface area contributed by atoms with Crippen molar-refractivity contribution in [2.75, 3.05) is 6.61 Å². The average molecular weight is 434 g/mol. The van der Waals surface area contributed by atoms with Gasteiger partial charge in [-0.15, -0.1) is 0 Å². The van der Waals surface area contributed by atoms with Crippen molar-refractivity contribution in [3.63, 3.8) is 0 Å². The summed E-state index contributed by atoms with van der Waals surface area (Å²) in [4.78, 5) is 21.3. The van der Waals surface area contributed by atoms with Crippen LogP contribution in [0.25, 0.3) is 6.08 Å². The quantitative estimate of drug-likeness (QED) is 0.105. The normalized spacial score (nSPS) is 11.1. The number of aliphatic carboxylic acids is 1. The van der Waals surface area contributed by atoms with E-state index in [9.17, 15) is 14.9 Å². The summed E-state index contributed by atoms with van der Waals surface area (Å²) in [6.07, 6.45) is 20.2. The molecular weight excluding hydrogens is 394 g/mol. The molecule has 1 N–H and O–H groups in total. The Morgan fingerprint density at radius 3 is 1.94 bits per heavy atom. The zero-order valence-corrected chi connectivity index (χ0v) is 19.0. The number of rotatable bonds is 19. The van der Waals surface area contributed by atoms with E-state index in [-0.39, 0.29) is 11.4 Å². The van der Waals surface area contributed by atoms with Gasteiger partial charge in [-0.2, -0.15) is 0 Å². The lowest BCUT2D eigenvalue weighted by atomic mass is 10.0. The summed E-state index contributed by atoms with van der Waals surface area (Å²) in [6.45, 7) is 2.70. The van der Waals surface area contributed by atoms with Gasteiger partial charge in [-0.1, -0.05) is 96.5 Å². The van der Waals surface area contributed by atoms with Gasteiger partial charge in [0.1, 0.15) is 0 Å².